The summed E-state index contributed by atoms with van der Waals surface area (Å²) >= 11 is 1.27. The molecule has 1 rings (SSSR count). The largest absolute Gasteiger partial charge is 0.478 e. The Morgan fingerprint density at radius 1 is 1.37 bits per heavy atom. The quantitative estimate of drug-likeness (QED) is 0.834. The van der Waals surface area contributed by atoms with Gasteiger partial charge < -0.3 is 10.4 Å². The molecule has 1 aromatic rings. The normalized spacial score (nSPS) is 13.5. The summed E-state index contributed by atoms with van der Waals surface area (Å²) in [6, 6.07) is 3.50. The molecule has 1 heterocycles. The smallest absolute Gasteiger partial charge is 0.328 e. The average Bonchev–Trinajstić information content (AvgIpc) is 2.73. The minimum atomic E-state index is -0.999. The second-order valence-corrected chi connectivity index (χ2v) is 6.55. The van der Waals surface area contributed by atoms with Crippen molar-refractivity contribution in [3.05, 3.63) is 28.0 Å². The highest BCUT2D eigenvalue weighted by atomic mass is 32.1. The van der Waals surface area contributed by atoms with Gasteiger partial charge in [-0.3, -0.25) is 4.79 Å². The molecule has 2 N–H and O–H groups in total. The number of carbonyl (C=O) groups is 2. The molecule has 0 aliphatic rings. The Morgan fingerprint density at radius 3 is 2.53 bits per heavy atom. The number of carbonyl (C=O) groups excluding carboxylic acids is 1. The van der Waals surface area contributed by atoms with Crippen LogP contribution in [0.1, 0.15) is 42.2 Å². The number of amides is 1. The lowest BCUT2D eigenvalue weighted by Gasteiger charge is -2.27. The minimum Gasteiger partial charge on any atom is -0.478 e. The maximum Gasteiger partial charge on any atom is 0.328 e. The fourth-order valence-electron chi connectivity index (χ4n) is 1.20. The molecule has 0 saturated heterocycles. The van der Waals surface area contributed by atoms with Crippen LogP contribution in [0.15, 0.2) is 18.2 Å². The number of aliphatic carboxylic acids is 1. The van der Waals surface area contributed by atoms with Crippen LogP contribution in [0.2, 0.25) is 0 Å². The molecule has 0 saturated carbocycles. The summed E-state index contributed by atoms with van der Waals surface area (Å²) in [5.74, 6) is -1.12. The van der Waals surface area contributed by atoms with E-state index in [4.69, 9.17) is 5.11 Å². The predicted octanol–water partition coefficient (Wildman–Crippen LogP) is 3.01. The van der Waals surface area contributed by atoms with Crippen LogP contribution in [-0.2, 0) is 4.79 Å². The first-order valence-electron chi connectivity index (χ1n) is 6.02. The van der Waals surface area contributed by atoms with Crippen molar-refractivity contribution in [2.75, 3.05) is 0 Å². The highest BCUT2D eigenvalue weighted by molar-refractivity contribution is 7.14. The highest BCUT2D eigenvalue weighted by Gasteiger charge is 2.22. The van der Waals surface area contributed by atoms with E-state index in [1.165, 1.54) is 17.4 Å². The number of thiophene rings is 1. The molecule has 4 nitrogen and oxygen atoms in total. The number of rotatable bonds is 4. The Hall–Kier alpha value is -1.62. The Kier molecular flexibility index (Phi) is 4.89. The summed E-state index contributed by atoms with van der Waals surface area (Å²) in [6.45, 7) is 8.16. The van der Waals surface area contributed by atoms with Crippen LogP contribution in [0.4, 0.5) is 0 Å². The van der Waals surface area contributed by atoms with Gasteiger partial charge >= 0.3 is 5.97 Å². The third-order valence-electron chi connectivity index (χ3n) is 2.89. The van der Waals surface area contributed by atoms with E-state index in [1.54, 1.807) is 12.1 Å². The van der Waals surface area contributed by atoms with E-state index >= 15 is 0 Å². The molecule has 0 aliphatic carbocycles. The van der Waals surface area contributed by atoms with Gasteiger partial charge in [-0.15, -0.1) is 11.3 Å². The molecule has 1 atom stereocenters. The maximum absolute atomic E-state index is 12.0. The number of carboxylic acid groups (broad SMARTS) is 1. The Balaban J connectivity index is 2.71. The van der Waals surface area contributed by atoms with Gasteiger partial charge in [0.1, 0.15) is 0 Å². The van der Waals surface area contributed by atoms with Gasteiger partial charge in [0, 0.05) is 17.0 Å². The highest BCUT2D eigenvalue weighted by Crippen LogP contribution is 2.21. The van der Waals surface area contributed by atoms with E-state index in [0.29, 0.717) is 4.88 Å². The summed E-state index contributed by atoms with van der Waals surface area (Å²) < 4.78 is 0. The molecule has 1 amide bonds. The summed E-state index contributed by atoms with van der Waals surface area (Å²) in [5, 5.41) is 11.5. The van der Waals surface area contributed by atoms with E-state index in [2.05, 4.69) is 26.1 Å². The molecule has 0 bridgehead atoms. The van der Waals surface area contributed by atoms with Gasteiger partial charge in [0.2, 0.25) is 0 Å². The lowest BCUT2D eigenvalue weighted by molar-refractivity contribution is -0.131. The SMILES string of the molecule is CC(NC(=O)c1ccc(/C=C/C(=O)O)s1)C(C)(C)C. The van der Waals surface area contributed by atoms with Crippen molar-refractivity contribution in [3.8, 4) is 0 Å². The van der Waals surface area contributed by atoms with Crippen LogP contribution in [0.5, 0.6) is 0 Å². The third-order valence-corrected chi connectivity index (χ3v) is 3.94. The van der Waals surface area contributed by atoms with Crippen LogP contribution in [0, 0.1) is 5.41 Å². The Bertz CT molecular complexity index is 497. The third kappa shape index (κ3) is 4.87. The zero-order valence-electron chi connectivity index (χ0n) is 11.6. The van der Waals surface area contributed by atoms with Crippen molar-refractivity contribution in [1.29, 1.82) is 0 Å². The van der Waals surface area contributed by atoms with E-state index in [1.807, 2.05) is 6.92 Å². The molecule has 1 aromatic heterocycles. The van der Waals surface area contributed by atoms with E-state index in [0.717, 1.165) is 11.0 Å². The fourth-order valence-corrected chi connectivity index (χ4v) is 2.02. The molecule has 19 heavy (non-hydrogen) atoms. The number of hydrogen-bond acceptors (Lipinski definition) is 3. The first-order valence-corrected chi connectivity index (χ1v) is 6.83. The lowest BCUT2D eigenvalue weighted by Crippen LogP contribution is -2.41. The summed E-state index contributed by atoms with van der Waals surface area (Å²) in [5.41, 5.74) is -0.00103. The summed E-state index contributed by atoms with van der Waals surface area (Å²) in [7, 11) is 0. The molecular formula is C14H19NO3S. The Morgan fingerprint density at radius 2 is 2.00 bits per heavy atom. The second kappa shape index (κ2) is 6.02. The van der Waals surface area contributed by atoms with Crippen molar-refractivity contribution in [1.82, 2.24) is 5.32 Å². The number of carboxylic acids is 1. The molecule has 1 unspecified atom stereocenters. The number of nitrogens with one attached hydrogen (secondary N) is 1. The first-order chi connectivity index (χ1) is 8.70. The van der Waals surface area contributed by atoms with Crippen molar-refractivity contribution in [3.63, 3.8) is 0 Å². The van der Waals surface area contributed by atoms with Crippen LogP contribution in [0.3, 0.4) is 0 Å². The van der Waals surface area contributed by atoms with Gasteiger partial charge in [-0.25, -0.2) is 4.79 Å². The van der Waals surface area contributed by atoms with Crippen molar-refractivity contribution in [2.45, 2.75) is 33.7 Å². The van der Waals surface area contributed by atoms with E-state index in [-0.39, 0.29) is 17.4 Å². The molecule has 0 aliphatic heterocycles. The molecule has 0 radical (unpaired) electrons. The molecule has 104 valence electrons. The zero-order chi connectivity index (χ0) is 14.6. The monoisotopic (exact) mass is 281 g/mol. The topological polar surface area (TPSA) is 66.4 Å². The van der Waals surface area contributed by atoms with E-state index < -0.39 is 5.97 Å². The van der Waals surface area contributed by atoms with Crippen molar-refractivity contribution < 1.29 is 14.7 Å². The zero-order valence-corrected chi connectivity index (χ0v) is 12.4. The van der Waals surface area contributed by atoms with Gasteiger partial charge in [-0.05, 0) is 30.5 Å². The molecule has 0 fully saturated rings. The van der Waals surface area contributed by atoms with Gasteiger partial charge in [-0.1, -0.05) is 20.8 Å². The van der Waals surface area contributed by atoms with Crippen molar-refractivity contribution >= 4 is 29.3 Å². The fraction of sp³-hybridized carbons (Fsp3) is 0.429. The van der Waals surface area contributed by atoms with Crippen LogP contribution >= 0.6 is 11.3 Å². The van der Waals surface area contributed by atoms with Gasteiger partial charge in [0.25, 0.3) is 5.91 Å². The molecular weight excluding hydrogens is 262 g/mol. The second-order valence-electron chi connectivity index (χ2n) is 5.43. The average molecular weight is 281 g/mol. The standard InChI is InChI=1S/C14H19NO3S/c1-9(14(2,3)4)15-13(18)11-7-5-10(19-11)6-8-12(16)17/h5-9H,1-4H3,(H,15,18)(H,16,17)/b8-6+. The lowest BCUT2D eigenvalue weighted by atomic mass is 9.88. The van der Waals surface area contributed by atoms with Gasteiger partial charge in [0.15, 0.2) is 0 Å². The van der Waals surface area contributed by atoms with Crippen LogP contribution in [0.25, 0.3) is 6.08 Å². The first kappa shape index (κ1) is 15.4. The van der Waals surface area contributed by atoms with Crippen LogP contribution < -0.4 is 5.32 Å². The van der Waals surface area contributed by atoms with Gasteiger partial charge in [-0.2, -0.15) is 0 Å². The summed E-state index contributed by atoms with van der Waals surface area (Å²) in [6.07, 6.45) is 2.54. The van der Waals surface area contributed by atoms with Crippen LogP contribution in [-0.4, -0.2) is 23.0 Å². The minimum absolute atomic E-state index is 0.00103. The van der Waals surface area contributed by atoms with E-state index in [9.17, 15) is 9.59 Å². The molecule has 0 aromatic carbocycles. The molecule has 0 spiro atoms. The molecule has 5 heteroatoms. The summed E-state index contributed by atoms with van der Waals surface area (Å²) in [4.78, 5) is 23.8. The Labute approximate surface area is 117 Å². The number of hydrogen-bond donors (Lipinski definition) is 2. The van der Waals surface area contributed by atoms with Crippen molar-refractivity contribution in [2.24, 2.45) is 5.41 Å². The van der Waals surface area contributed by atoms with Gasteiger partial charge in [0.05, 0.1) is 4.88 Å². The maximum atomic E-state index is 12.0. The predicted molar refractivity (Wildman–Crippen MR) is 77.4 cm³/mol.